The van der Waals surface area contributed by atoms with Crippen molar-refractivity contribution in [3.63, 3.8) is 0 Å². The number of alkyl halides is 3. The number of aromatic nitrogens is 1. The first-order valence-corrected chi connectivity index (χ1v) is 7.52. The molecular weight excluding hydrogens is 409 g/mol. The Balaban J connectivity index is 2.20. The molecular formula is C11H7Br2F3N2S. The summed E-state index contributed by atoms with van der Waals surface area (Å²) in [4.78, 5) is 4.70. The maximum atomic E-state index is 12.9. The quantitative estimate of drug-likeness (QED) is 0.735. The lowest BCUT2D eigenvalue weighted by molar-refractivity contribution is -0.137. The smallest absolute Gasteiger partial charge is 0.365 e. The zero-order chi connectivity index (χ0) is 14.0. The minimum atomic E-state index is -4.44. The second kappa shape index (κ2) is 5.80. The van der Waals surface area contributed by atoms with Crippen molar-refractivity contribution in [1.29, 1.82) is 0 Å². The van der Waals surface area contributed by atoms with Gasteiger partial charge in [0.25, 0.3) is 0 Å². The van der Waals surface area contributed by atoms with E-state index in [-0.39, 0.29) is 5.82 Å². The van der Waals surface area contributed by atoms with Crippen LogP contribution in [0.4, 0.5) is 19.0 Å². The topological polar surface area (TPSA) is 24.9 Å². The van der Waals surface area contributed by atoms with E-state index in [1.165, 1.54) is 17.5 Å². The Hall–Kier alpha value is -0.600. The Labute approximate surface area is 128 Å². The summed E-state index contributed by atoms with van der Waals surface area (Å²) in [6.45, 7) is 0.300. The maximum Gasteiger partial charge on any atom is 0.419 e. The van der Waals surface area contributed by atoms with Crippen LogP contribution in [0.5, 0.6) is 0 Å². The van der Waals surface area contributed by atoms with Gasteiger partial charge in [-0.05, 0) is 44.0 Å². The van der Waals surface area contributed by atoms with Gasteiger partial charge in [0.05, 0.1) is 12.1 Å². The molecule has 0 aromatic carbocycles. The van der Waals surface area contributed by atoms with Gasteiger partial charge in [0, 0.05) is 25.4 Å². The van der Waals surface area contributed by atoms with E-state index in [9.17, 15) is 13.2 Å². The highest BCUT2D eigenvalue weighted by molar-refractivity contribution is 9.10. The van der Waals surface area contributed by atoms with E-state index in [0.29, 0.717) is 11.0 Å². The van der Waals surface area contributed by atoms with Gasteiger partial charge >= 0.3 is 6.18 Å². The molecule has 2 aromatic rings. The van der Waals surface area contributed by atoms with E-state index in [2.05, 4.69) is 42.2 Å². The lowest BCUT2D eigenvalue weighted by Crippen LogP contribution is -2.12. The first kappa shape index (κ1) is 14.8. The van der Waals surface area contributed by atoms with Crippen molar-refractivity contribution in [3.8, 4) is 0 Å². The Bertz CT molecular complexity index is 584. The molecule has 2 nitrogen and oxygen atoms in total. The third kappa shape index (κ3) is 3.93. The minimum Gasteiger partial charge on any atom is -0.365 e. The van der Waals surface area contributed by atoms with Crippen LogP contribution in [0.3, 0.4) is 0 Å². The van der Waals surface area contributed by atoms with Crippen LogP contribution in [-0.2, 0) is 12.7 Å². The zero-order valence-corrected chi connectivity index (χ0v) is 13.3. The molecule has 1 N–H and O–H groups in total. The molecule has 8 heteroatoms. The Morgan fingerprint density at radius 3 is 2.53 bits per heavy atom. The van der Waals surface area contributed by atoms with Crippen molar-refractivity contribution in [2.45, 2.75) is 12.7 Å². The number of hydrogen-bond donors (Lipinski definition) is 1. The molecule has 2 heterocycles. The predicted molar refractivity (Wildman–Crippen MR) is 76.3 cm³/mol. The van der Waals surface area contributed by atoms with E-state index >= 15 is 0 Å². The van der Waals surface area contributed by atoms with Gasteiger partial charge < -0.3 is 5.32 Å². The highest BCUT2D eigenvalue weighted by Crippen LogP contribution is 2.35. The van der Waals surface area contributed by atoms with Crippen molar-refractivity contribution in [3.05, 3.63) is 43.1 Å². The molecule has 0 aliphatic heterocycles. The summed E-state index contributed by atoms with van der Waals surface area (Å²) in [6.07, 6.45) is -3.10. The van der Waals surface area contributed by atoms with Gasteiger partial charge in [0.2, 0.25) is 0 Å². The standard InChI is InChI=1S/C11H7Br2F3N2S/c12-6-2-9(11(14,15)16)10(17-3-6)18-4-8-1-7(13)5-19-8/h1-3,5H,4H2,(H,17,18). The van der Waals surface area contributed by atoms with Gasteiger partial charge in [0.1, 0.15) is 5.82 Å². The van der Waals surface area contributed by atoms with Gasteiger partial charge in [-0.2, -0.15) is 13.2 Å². The number of nitrogens with zero attached hydrogens (tertiary/aromatic N) is 1. The number of halogens is 5. The Morgan fingerprint density at radius 1 is 1.21 bits per heavy atom. The summed E-state index contributed by atoms with van der Waals surface area (Å²) in [5.41, 5.74) is -0.780. The molecule has 2 aromatic heterocycles. The molecule has 0 radical (unpaired) electrons. The van der Waals surface area contributed by atoms with E-state index in [1.54, 1.807) is 0 Å². The second-order valence-corrected chi connectivity index (χ2v) is 6.46. The molecule has 0 spiro atoms. The number of thiophene rings is 1. The molecule has 0 bridgehead atoms. The summed E-state index contributed by atoms with van der Waals surface area (Å²) in [5.74, 6) is -0.166. The predicted octanol–water partition coefficient (Wildman–Crippen LogP) is 5.30. The number of pyridine rings is 1. The fourth-order valence-corrected chi connectivity index (χ4v) is 3.14. The van der Waals surface area contributed by atoms with Crippen molar-refractivity contribution >= 4 is 49.0 Å². The van der Waals surface area contributed by atoms with Crippen molar-refractivity contribution in [1.82, 2.24) is 4.98 Å². The SMILES string of the molecule is FC(F)(F)c1cc(Br)cnc1NCc1cc(Br)cs1. The molecule has 2 rings (SSSR count). The van der Waals surface area contributed by atoms with Crippen molar-refractivity contribution in [2.75, 3.05) is 5.32 Å². The highest BCUT2D eigenvalue weighted by Gasteiger charge is 2.34. The largest absolute Gasteiger partial charge is 0.419 e. The molecule has 0 unspecified atom stereocenters. The average molecular weight is 416 g/mol. The molecule has 0 aliphatic rings. The summed E-state index contributed by atoms with van der Waals surface area (Å²) in [7, 11) is 0. The van der Waals surface area contributed by atoms with Crippen LogP contribution in [0.1, 0.15) is 10.4 Å². The molecule has 0 atom stereocenters. The average Bonchev–Trinajstić information content (AvgIpc) is 2.72. The first-order valence-electron chi connectivity index (χ1n) is 5.06. The lowest BCUT2D eigenvalue weighted by Gasteiger charge is -2.13. The second-order valence-electron chi connectivity index (χ2n) is 3.63. The molecule has 0 saturated carbocycles. The van der Waals surface area contributed by atoms with Crippen LogP contribution in [0, 0.1) is 0 Å². The van der Waals surface area contributed by atoms with Crippen molar-refractivity contribution < 1.29 is 13.2 Å². The summed E-state index contributed by atoms with van der Waals surface area (Å²) < 4.78 is 39.8. The lowest BCUT2D eigenvalue weighted by atomic mass is 10.2. The Kier molecular flexibility index (Phi) is 4.52. The van der Waals surface area contributed by atoms with E-state index in [1.807, 2.05) is 11.4 Å². The number of rotatable bonds is 3. The van der Waals surface area contributed by atoms with Crippen LogP contribution in [0.15, 0.2) is 32.7 Å². The molecule has 0 amide bonds. The number of anilines is 1. The fourth-order valence-electron chi connectivity index (χ4n) is 1.41. The molecule has 102 valence electrons. The van der Waals surface area contributed by atoms with Crippen LogP contribution in [0.25, 0.3) is 0 Å². The van der Waals surface area contributed by atoms with Gasteiger partial charge in [-0.25, -0.2) is 4.98 Å². The Morgan fingerprint density at radius 2 is 1.95 bits per heavy atom. The van der Waals surface area contributed by atoms with Gasteiger partial charge in [0.15, 0.2) is 0 Å². The molecule has 0 saturated heterocycles. The zero-order valence-electron chi connectivity index (χ0n) is 9.26. The summed E-state index contributed by atoms with van der Waals surface area (Å²) in [5, 5.41) is 4.59. The monoisotopic (exact) mass is 414 g/mol. The summed E-state index contributed by atoms with van der Waals surface area (Å²) >= 11 is 7.75. The van der Waals surface area contributed by atoms with Gasteiger partial charge in [-0.3, -0.25) is 0 Å². The van der Waals surface area contributed by atoms with Crippen LogP contribution in [0.2, 0.25) is 0 Å². The molecule has 0 fully saturated rings. The molecule has 0 aliphatic carbocycles. The third-order valence-electron chi connectivity index (χ3n) is 2.21. The normalized spacial score (nSPS) is 11.6. The van der Waals surface area contributed by atoms with Crippen LogP contribution >= 0.6 is 43.2 Å². The van der Waals surface area contributed by atoms with Crippen LogP contribution < -0.4 is 5.32 Å². The van der Waals surface area contributed by atoms with Gasteiger partial charge in [-0.1, -0.05) is 0 Å². The van der Waals surface area contributed by atoms with Crippen molar-refractivity contribution in [2.24, 2.45) is 0 Å². The highest BCUT2D eigenvalue weighted by atomic mass is 79.9. The van der Waals surface area contributed by atoms with E-state index in [4.69, 9.17) is 0 Å². The minimum absolute atomic E-state index is 0.166. The first-order chi connectivity index (χ1) is 8.86. The van der Waals surface area contributed by atoms with Crippen LogP contribution in [-0.4, -0.2) is 4.98 Å². The summed E-state index contributed by atoms with van der Waals surface area (Å²) in [6, 6.07) is 2.86. The van der Waals surface area contributed by atoms with Gasteiger partial charge in [-0.15, -0.1) is 11.3 Å². The fraction of sp³-hybridized carbons (Fsp3) is 0.182. The maximum absolute atomic E-state index is 12.9. The third-order valence-corrected chi connectivity index (χ3v) is 4.34. The molecule has 19 heavy (non-hydrogen) atoms. The van der Waals surface area contributed by atoms with E-state index in [0.717, 1.165) is 15.4 Å². The van der Waals surface area contributed by atoms with E-state index < -0.39 is 11.7 Å². The number of hydrogen-bond acceptors (Lipinski definition) is 3. The number of nitrogens with one attached hydrogen (secondary N) is 1.